The van der Waals surface area contributed by atoms with Gasteiger partial charge in [0.15, 0.2) is 0 Å². The zero-order valence-corrected chi connectivity index (χ0v) is 9.69. The number of methoxy groups -OCH3 is 1. The van der Waals surface area contributed by atoms with Crippen LogP contribution in [0.3, 0.4) is 0 Å². The Morgan fingerprint density at radius 3 is 2.75 bits per heavy atom. The zero-order valence-electron chi connectivity index (χ0n) is 9.69. The molecule has 16 heavy (non-hydrogen) atoms. The Bertz CT molecular complexity index is 377. The summed E-state index contributed by atoms with van der Waals surface area (Å²) in [6.07, 6.45) is 0. The van der Waals surface area contributed by atoms with Gasteiger partial charge in [-0.3, -0.25) is 10.1 Å². The van der Waals surface area contributed by atoms with E-state index in [1.807, 2.05) is 13.8 Å². The van der Waals surface area contributed by atoms with Gasteiger partial charge < -0.3 is 10.1 Å². The third-order valence-corrected chi connectivity index (χ3v) is 2.33. The molecule has 0 aliphatic heterocycles. The van der Waals surface area contributed by atoms with Crippen LogP contribution in [0.2, 0.25) is 0 Å². The van der Waals surface area contributed by atoms with Crippen LogP contribution >= 0.6 is 0 Å². The van der Waals surface area contributed by atoms with E-state index >= 15 is 0 Å². The second-order valence-electron chi connectivity index (χ2n) is 4.12. The van der Waals surface area contributed by atoms with Gasteiger partial charge in [-0.2, -0.15) is 0 Å². The molecule has 0 heterocycles. The number of nitrogens with one attached hydrogen (secondary N) is 1. The van der Waals surface area contributed by atoms with E-state index in [1.54, 1.807) is 19.2 Å². The highest BCUT2D eigenvalue weighted by molar-refractivity contribution is 5.51. The molecule has 1 aromatic carbocycles. The molecule has 0 unspecified atom stereocenters. The van der Waals surface area contributed by atoms with Gasteiger partial charge in [0.05, 0.1) is 10.5 Å². The number of nitro benzene ring substituents is 1. The molecule has 0 amide bonds. The number of ether oxygens (including phenoxy) is 1. The summed E-state index contributed by atoms with van der Waals surface area (Å²) in [4.78, 5) is 10.2. The first-order valence-electron chi connectivity index (χ1n) is 4.98. The number of nitrogens with zero attached hydrogens (tertiary/aromatic N) is 1. The Morgan fingerprint density at radius 1 is 1.50 bits per heavy atom. The average molecular weight is 224 g/mol. The molecule has 0 aliphatic carbocycles. The van der Waals surface area contributed by atoms with Crippen molar-refractivity contribution in [2.45, 2.75) is 19.4 Å². The first kappa shape index (κ1) is 12.4. The third-order valence-electron chi connectivity index (χ3n) is 2.33. The van der Waals surface area contributed by atoms with Crippen molar-refractivity contribution in [3.05, 3.63) is 34.4 Å². The van der Waals surface area contributed by atoms with Gasteiger partial charge in [0.1, 0.15) is 0 Å². The minimum absolute atomic E-state index is 0.0835. The average Bonchev–Trinajstić information content (AvgIpc) is 2.27. The molecule has 0 atom stereocenters. The lowest BCUT2D eigenvalue weighted by Gasteiger charge is -2.23. The van der Waals surface area contributed by atoms with Gasteiger partial charge >= 0.3 is 0 Å². The van der Waals surface area contributed by atoms with Crippen molar-refractivity contribution in [2.24, 2.45) is 0 Å². The van der Waals surface area contributed by atoms with Gasteiger partial charge in [0, 0.05) is 31.5 Å². The first-order valence-corrected chi connectivity index (χ1v) is 4.98. The summed E-state index contributed by atoms with van der Waals surface area (Å²) in [6, 6.07) is 6.41. The third kappa shape index (κ3) is 3.51. The van der Waals surface area contributed by atoms with Crippen molar-refractivity contribution in [1.29, 1.82) is 0 Å². The Balaban J connectivity index is 2.68. The van der Waals surface area contributed by atoms with E-state index in [1.165, 1.54) is 12.1 Å². The lowest BCUT2D eigenvalue weighted by atomic mass is 10.1. The zero-order chi connectivity index (χ0) is 12.2. The van der Waals surface area contributed by atoms with E-state index in [0.717, 1.165) is 5.69 Å². The number of anilines is 1. The van der Waals surface area contributed by atoms with Gasteiger partial charge in [-0.25, -0.2) is 0 Å². The van der Waals surface area contributed by atoms with Crippen LogP contribution in [0, 0.1) is 10.1 Å². The summed E-state index contributed by atoms with van der Waals surface area (Å²) in [5.74, 6) is 0. The Hall–Kier alpha value is -1.62. The van der Waals surface area contributed by atoms with Crippen LogP contribution < -0.4 is 5.32 Å². The minimum Gasteiger partial charge on any atom is -0.382 e. The number of non-ortho nitro benzene ring substituents is 1. The van der Waals surface area contributed by atoms with Crippen molar-refractivity contribution in [1.82, 2.24) is 0 Å². The molecule has 0 saturated carbocycles. The fraction of sp³-hybridized carbons (Fsp3) is 0.455. The SMILES string of the molecule is COC(C)(C)CNc1cccc([N+](=O)[O-])c1. The predicted octanol–water partition coefficient (Wildman–Crippen LogP) is 2.43. The Kier molecular flexibility index (Phi) is 3.84. The molecule has 0 aromatic heterocycles. The largest absolute Gasteiger partial charge is 0.382 e. The van der Waals surface area contributed by atoms with Crippen LogP contribution in [0.5, 0.6) is 0 Å². The fourth-order valence-corrected chi connectivity index (χ4v) is 1.12. The molecule has 1 aromatic rings. The summed E-state index contributed by atoms with van der Waals surface area (Å²) in [5, 5.41) is 13.7. The lowest BCUT2D eigenvalue weighted by Crippen LogP contribution is -2.32. The summed E-state index contributed by atoms with van der Waals surface area (Å²) in [5.41, 5.74) is 0.504. The molecule has 0 fully saturated rings. The van der Waals surface area contributed by atoms with Gasteiger partial charge in [0.25, 0.3) is 5.69 Å². The molecular formula is C11H16N2O3. The number of benzene rings is 1. The highest BCUT2D eigenvalue weighted by Gasteiger charge is 2.16. The predicted molar refractivity (Wildman–Crippen MR) is 62.7 cm³/mol. The van der Waals surface area contributed by atoms with Crippen molar-refractivity contribution < 1.29 is 9.66 Å². The van der Waals surface area contributed by atoms with E-state index in [-0.39, 0.29) is 11.3 Å². The van der Waals surface area contributed by atoms with Crippen LogP contribution in [0.25, 0.3) is 0 Å². The molecule has 0 bridgehead atoms. The smallest absolute Gasteiger partial charge is 0.271 e. The van der Waals surface area contributed by atoms with Gasteiger partial charge in [0.2, 0.25) is 0 Å². The van der Waals surface area contributed by atoms with Crippen molar-refractivity contribution >= 4 is 11.4 Å². The van der Waals surface area contributed by atoms with Crippen LogP contribution in [-0.2, 0) is 4.74 Å². The summed E-state index contributed by atoms with van der Waals surface area (Å²) in [7, 11) is 1.63. The molecule has 1 rings (SSSR count). The molecule has 0 aliphatic rings. The van der Waals surface area contributed by atoms with Crippen molar-refractivity contribution in [3.8, 4) is 0 Å². The number of hydrogen-bond donors (Lipinski definition) is 1. The maximum absolute atomic E-state index is 10.6. The quantitative estimate of drug-likeness (QED) is 0.616. The molecule has 5 nitrogen and oxygen atoms in total. The highest BCUT2D eigenvalue weighted by Crippen LogP contribution is 2.18. The van der Waals surface area contributed by atoms with Gasteiger partial charge in [-0.05, 0) is 19.9 Å². The monoisotopic (exact) mass is 224 g/mol. The van der Waals surface area contributed by atoms with Crippen LogP contribution in [0.4, 0.5) is 11.4 Å². The number of nitro groups is 1. The highest BCUT2D eigenvalue weighted by atomic mass is 16.6. The maximum Gasteiger partial charge on any atom is 0.271 e. The van der Waals surface area contributed by atoms with E-state index in [0.29, 0.717) is 6.54 Å². The maximum atomic E-state index is 10.6. The van der Waals surface area contributed by atoms with Gasteiger partial charge in [-0.15, -0.1) is 0 Å². The van der Waals surface area contributed by atoms with Crippen LogP contribution in [0.15, 0.2) is 24.3 Å². The van der Waals surface area contributed by atoms with Crippen LogP contribution in [-0.4, -0.2) is 24.2 Å². The normalized spacial score (nSPS) is 11.2. The van der Waals surface area contributed by atoms with E-state index in [2.05, 4.69) is 5.32 Å². The molecular weight excluding hydrogens is 208 g/mol. The van der Waals surface area contributed by atoms with E-state index in [4.69, 9.17) is 4.74 Å². The molecule has 0 spiro atoms. The molecule has 5 heteroatoms. The topological polar surface area (TPSA) is 64.4 Å². The standard InChI is InChI=1S/C11H16N2O3/c1-11(2,16-3)8-12-9-5-4-6-10(7-9)13(14)15/h4-7,12H,8H2,1-3H3. The Labute approximate surface area is 94.6 Å². The van der Waals surface area contributed by atoms with Crippen molar-refractivity contribution in [2.75, 3.05) is 19.0 Å². The minimum atomic E-state index is -0.410. The number of rotatable bonds is 5. The number of hydrogen-bond acceptors (Lipinski definition) is 4. The molecule has 88 valence electrons. The van der Waals surface area contributed by atoms with Gasteiger partial charge in [-0.1, -0.05) is 6.07 Å². The summed E-state index contributed by atoms with van der Waals surface area (Å²) >= 11 is 0. The first-order chi connectivity index (χ1) is 7.44. The summed E-state index contributed by atoms with van der Waals surface area (Å²) in [6.45, 7) is 4.47. The summed E-state index contributed by atoms with van der Waals surface area (Å²) < 4.78 is 5.24. The molecule has 1 N–H and O–H groups in total. The molecule has 0 radical (unpaired) electrons. The molecule has 0 saturated heterocycles. The van der Waals surface area contributed by atoms with E-state index < -0.39 is 4.92 Å². The Morgan fingerprint density at radius 2 is 2.19 bits per heavy atom. The van der Waals surface area contributed by atoms with Crippen molar-refractivity contribution in [3.63, 3.8) is 0 Å². The van der Waals surface area contributed by atoms with E-state index in [9.17, 15) is 10.1 Å². The lowest BCUT2D eigenvalue weighted by molar-refractivity contribution is -0.384. The second-order valence-corrected chi connectivity index (χ2v) is 4.12. The fourth-order valence-electron chi connectivity index (χ4n) is 1.12. The van der Waals surface area contributed by atoms with Crippen LogP contribution in [0.1, 0.15) is 13.8 Å². The second kappa shape index (κ2) is 4.94.